The number of aliphatic carboxylic acids is 1. The zero-order chi connectivity index (χ0) is 22.9. The number of benzene rings is 1. The monoisotopic (exact) mass is 451 g/mol. The second-order valence-electron chi connectivity index (χ2n) is 7.69. The molecular formula is C21H20F3N3O5. The van der Waals surface area contributed by atoms with Crippen molar-refractivity contribution < 1.29 is 37.3 Å². The Morgan fingerprint density at radius 1 is 1.09 bits per heavy atom. The van der Waals surface area contributed by atoms with Crippen molar-refractivity contribution in [1.82, 2.24) is 4.98 Å². The smallest absolute Gasteiger partial charge is 0.475 e. The zero-order valence-corrected chi connectivity index (χ0v) is 16.8. The number of hydrogen-bond acceptors (Lipinski definition) is 6. The van der Waals surface area contributed by atoms with Gasteiger partial charge in [-0.3, -0.25) is 4.79 Å². The van der Waals surface area contributed by atoms with Crippen LogP contribution in [0.25, 0.3) is 0 Å². The number of fused-ring (bicyclic) bond motifs is 1. The largest absolute Gasteiger partial charge is 0.490 e. The van der Waals surface area contributed by atoms with Crippen molar-refractivity contribution in [1.29, 1.82) is 0 Å². The van der Waals surface area contributed by atoms with Crippen molar-refractivity contribution in [2.24, 2.45) is 5.41 Å². The van der Waals surface area contributed by atoms with Crippen molar-refractivity contribution in [2.75, 3.05) is 36.2 Å². The van der Waals surface area contributed by atoms with E-state index in [-0.39, 0.29) is 18.1 Å². The Hall–Kier alpha value is -3.50. The molecular weight excluding hydrogens is 431 g/mol. The first-order valence-electron chi connectivity index (χ1n) is 9.87. The van der Waals surface area contributed by atoms with Gasteiger partial charge in [0.15, 0.2) is 11.5 Å². The van der Waals surface area contributed by atoms with E-state index >= 15 is 0 Å². The van der Waals surface area contributed by atoms with Crippen LogP contribution in [0.4, 0.5) is 24.7 Å². The summed E-state index contributed by atoms with van der Waals surface area (Å²) in [6.07, 6.45) is -1.51. The lowest BCUT2D eigenvalue weighted by atomic mass is 9.71. The SMILES string of the molecule is O=C(O)C(F)(F)F.O=C1N(c2ccc3c(c2)OCO3)CC12CCN(c1ccccn1)CC2. The number of aromatic nitrogens is 1. The number of anilines is 2. The highest BCUT2D eigenvalue weighted by Gasteiger charge is 2.53. The number of piperidine rings is 1. The first-order valence-corrected chi connectivity index (χ1v) is 9.87. The van der Waals surface area contributed by atoms with Gasteiger partial charge >= 0.3 is 12.1 Å². The van der Waals surface area contributed by atoms with Crippen LogP contribution in [0.2, 0.25) is 0 Å². The molecule has 0 saturated carbocycles. The van der Waals surface area contributed by atoms with Crippen molar-refractivity contribution in [3.63, 3.8) is 0 Å². The number of β-lactam (4-membered cyclic amide) rings is 1. The molecule has 5 rings (SSSR count). The van der Waals surface area contributed by atoms with Crippen LogP contribution >= 0.6 is 0 Å². The van der Waals surface area contributed by atoms with Gasteiger partial charge < -0.3 is 24.4 Å². The summed E-state index contributed by atoms with van der Waals surface area (Å²) in [7, 11) is 0. The maximum absolute atomic E-state index is 12.9. The quantitative estimate of drug-likeness (QED) is 0.702. The van der Waals surface area contributed by atoms with Crippen molar-refractivity contribution in [3.8, 4) is 11.5 Å². The van der Waals surface area contributed by atoms with E-state index in [9.17, 15) is 18.0 Å². The third-order valence-corrected chi connectivity index (χ3v) is 5.76. The molecule has 2 saturated heterocycles. The Balaban J connectivity index is 0.000000307. The standard InChI is InChI=1S/C19H19N3O3.C2HF3O2/c23-18-19(6-9-21(10-7-19)17-3-1-2-8-20-17)12-22(18)14-4-5-15-16(11-14)25-13-24-15;3-2(4,5)1(6)7/h1-5,8,11H,6-7,9-10,12-13H2;(H,6,7). The van der Waals surface area contributed by atoms with Gasteiger partial charge in [-0.15, -0.1) is 0 Å². The Labute approximate surface area is 181 Å². The number of carboxylic acid groups (broad SMARTS) is 1. The van der Waals surface area contributed by atoms with Gasteiger partial charge in [0.05, 0.1) is 5.41 Å². The highest BCUT2D eigenvalue weighted by atomic mass is 19.4. The van der Waals surface area contributed by atoms with Gasteiger partial charge in [-0.05, 0) is 37.1 Å². The predicted molar refractivity (Wildman–Crippen MR) is 107 cm³/mol. The molecule has 3 aliphatic rings. The van der Waals surface area contributed by atoms with E-state index in [0.29, 0.717) is 0 Å². The van der Waals surface area contributed by atoms with Gasteiger partial charge in [0, 0.05) is 37.6 Å². The first-order chi connectivity index (χ1) is 15.2. The van der Waals surface area contributed by atoms with Crippen LogP contribution in [-0.2, 0) is 9.59 Å². The molecule has 1 aromatic carbocycles. The number of carboxylic acids is 1. The highest BCUT2D eigenvalue weighted by Crippen LogP contribution is 2.46. The maximum atomic E-state index is 12.9. The van der Waals surface area contributed by atoms with Gasteiger partial charge in [0.25, 0.3) is 0 Å². The lowest BCUT2D eigenvalue weighted by Crippen LogP contribution is -2.65. The average molecular weight is 451 g/mol. The maximum Gasteiger partial charge on any atom is 0.490 e. The van der Waals surface area contributed by atoms with Gasteiger partial charge in [-0.1, -0.05) is 6.07 Å². The fraction of sp³-hybridized carbons (Fsp3) is 0.381. The van der Waals surface area contributed by atoms with E-state index < -0.39 is 12.1 Å². The third kappa shape index (κ3) is 4.14. The molecule has 4 heterocycles. The number of pyridine rings is 1. The minimum Gasteiger partial charge on any atom is -0.475 e. The molecule has 170 valence electrons. The molecule has 32 heavy (non-hydrogen) atoms. The van der Waals surface area contributed by atoms with E-state index in [1.54, 1.807) is 0 Å². The molecule has 1 amide bonds. The minimum atomic E-state index is -5.08. The summed E-state index contributed by atoms with van der Waals surface area (Å²) in [5, 5.41) is 7.12. The summed E-state index contributed by atoms with van der Waals surface area (Å²) >= 11 is 0. The van der Waals surface area contributed by atoms with Crippen LogP contribution in [0.15, 0.2) is 42.6 Å². The molecule has 2 fully saturated rings. The summed E-state index contributed by atoms with van der Waals surface area (Å²) in [6.45, 7) is 2.77. The number of halogens is 3. The molecule has 8 nitrogen and oxygen atoms in total. The number of alkyl halides is 3. The zero-order valence-electron chi connectivity index (χ0n) is 16.8. The number of carbonyl (C=O) groups excluding carboxylic acids is 1. The van der Waals surface area contributed by atoms with E-state index in [2.05, 4.69) is 9.88 Å². The molecule has 0 aliphatic carbocycles. The first kappa shape index (κ1) is 21.7. The molecule has 1 spiro atoms. The Kier molecular flexibility index (Phi) is 5.57. The summed E-state index contributed by atoms with van der Waals surface area (Å²) in [4.78, 5) is 30.3. The molecule has 0 unspecified atom stereocenters. The molecule has 2 aromatic rings. The fourth-order valence-corrected chi connectivity index (χ4v) is 3.98. The lowest BCUT2D eigenvalue weighted by molar-refractivity contribution is -0.192. The summed E-state index contributed by atoms with van der Waals surface area (Å²) < 4.78 is 42.5. The lowest BCUT2D eigenvalue weighted by Gasteiger charge is -2.52. The van der Waals surface area contributed by atoms with Crippen LogP contribution in [0.1, 0.15) is 12.8 Å². The molecule has 11 heteroatoms. The van der Waals surface area contributed by atoms with Crippen LogP contribution in [0.3, 0.4) is 0 Å². The van der Waals surface area contributed by atoms with Gasteiger partial charge in [-0.25, -0.2) is 9.78 Å². The second kappa shape index (κ2) is 8.21. The molecule has 0 atom stereocenters. The number of amides is 1. The number of rotatable bonds is 2. The molecule has 1 N–H and O–H groups in total. The van der Waals surface area contributed by atoms with Gasteiger partial charge in [0.1, 0.15) is 5.82 Å². The Bertz CT molecular complexity index is 1010. The van der Waals surface area contributed by atoms with E-state index in [0.717, 1.165) is 55.5 Å². The summed E-state index contributed by atoms with van der Waals surface area (Å²) in [5.74, 6) is -0.0670. The second-order valence-corrected chi connectivity index (χ2v) is 7.69. The van der Waals surface area contributed by atoms with E-state index in [1.165, 1.54) is 0 Å². The van der Waals surface area contributed by atoms with E-state index in [1.807, 2.05) is 47.5 Å². The van der Waals surface area contributed by atoms with Crippen LogP contribution in [0.5, 0.6) is 11.5 Å². The van der Waals surface area contributed by atoms with Crippen LogP contribution in [0, 0.1) is 5.41 Å². The predicted octanol–water partition coefficient (Wildman–Crippen LogP) is 3.08. The Morgan fingerprint density at radius 3 is 2.38 bits per heavy atom. The molecule has 1 aromatic heterocycles. The fourth-order valence-electron chi connectivity index (χ4n) is 3.98. The van der Waals surface area contributed by atoms with E-state index in [4.69, 9.17) is 19.4 Å². The number of ether oxygens (including phenoxy) is 2. The number of carbonyl (C=O) groups is 2. The average Bonchev–Trinajstić information content (AvgIpc) is 3.26. The van der Waals surface area contributed by atoms with Gasteiger partial charge in [-0.2, -0.15) is 13.2 Å². The van der Waals surface area contributed by atoms with Crippen LogP contribution < -0.4 is 19.3 Å². The Morgan fingerprint density at radius 2 is 1.78 bits per heavy atom. The minimum absolute atomic E-state index is 0.207. The van der Waals surface area contributed by atoms with Crippen molar-refractivity contribution in [3.05, 3.63) is 42.6 Å². The number of nitrogens with zero attached hydrogens (tertiary/aromatic N) is 3. The molecule has 0 bridgehead atoms. The topological polar surface area (TPSA) is 92.2 Å². The van der Waals surface area contributed by atoms with Crippen LogP contribution in [-0.4, -0.2) is 54.6 Å². The summed E-state index contributed by atoms with van der Waals surface area (Å²) in [6, 6.07) is 11.7. The normalized spacial score (nSPS) is 18.7. The van der Waals surface area contributed by atoms with Crippen molar-refractivity contribution in [2.45, 2.75) is 19.0 Å². The number of hydrogen-bond donors (Lipinski definition) is 1. The van der Waals surface area contributed by atoms with Crippen molar-refractivity contribution >= 4 is 23.4 Å². The molecule has 3 aliphatic heterocycles. The van der Waals surface area contributed by atoms with Gasteiger partial charge in [0.2, 0.25) is 12.7 Å². The highest BCUT2D eigenvalue weighted by molar-refractivity contribution is 6.04. The molecule has 0 radical (unpaired) electrons. The third-order valence-electron chi connectivity index (χ3n) is 5.76. The summed E-state index contributed by atoms with van der Waals surface area (Å²) in [5.41, 5.74) is 0.689.